The van der Waals surface area contributed by atoms with Gasteiger partial charge in [-0.05, 0) is 60.1 Å². The van der Waals surface area contributed by atoms with Crippen molar-refractivity contribution < 1.29 is 9.90 Å². The molecular weight excluding hydrogens is 419 g/mol. The second-order valence-electron chi connectivity index (χ2n) is 7.83. The Morgan fingerprint density at radius 1 is 1.10 bits per heavy atom. The summed E-state index contributed by atoms with van der Waals surface area (Å²) in [6.07, 6.45) is 1.50. The summed E-state index contributed by atoms with van der Waals surface area (Å²) in [6.45, 7) is 6.87. The molecule has 0 aliphatic rings. The highest BCUT2D eigenvalue weighted by Gasteiger charge is 2.17. The number of halogens is 2. The van der Waals surface area contributed by atoms with Gasteiger partial charge in [-0.3, -0.25) is 9.78 Å². The van der Waals surface area contributed by atoms with Gasteiger partial charge in [0.15, 0.2) is 0 Å². The lowest BCUT2D eigenvalue weighted by atomic mass is 9.90. The average Bonchev–Trinajstić information content (AvgIpc) is 2.65. The number of pyridine rings is 1. The molecule has 1 aromatic heterocycles. The lowest BCUT2D eigenvalue weighted by molar-refractivity contribution is -0.136. The van der Waals surface area contributed by atoms with Gasteiger partial charge in [-0.25, -0.2) is 0 Å². The number of rotatable bonds is 7. The molecule has 4 nitrogen and oxygen atoms in total. The lowest BCUT2D eigenvalue weighted by Gasteiger charge is -2.18. The minimum atomic E-state index is -0.785. The van der Waals surface area contributed by atoms with Gasteiger partial charge in [-0.1, -0.05) is 49.7 Å². The zero-order chi connectivity index (χ0) is 20.3. The third-order valence-electron chi connectivity index (χ3n) is 5.01. The molecule has 0 bridgehead atoms. The molecule has 2 aromatic carbocycles. The molecule has 3 rings (SSSR count). The van der Waals surface area contributed by atoms with Crippen LogP contribution in [0.15, 0.2) is 42.5 Å². The topological polar surface area (TPSA) is 76.2 Å². The normalized spacial score (nSPS) is 10.6. The maximum absolute atomic E-state index is 11.0. The summed E-state index contributed by atoms with van der Waals surface area (Å²) < 4.78 is 0. The van der Waals surface area contributed by atoms with Crippen molar-refractivity contribution in [3.05, 3.63) is 64.8 Å². The Labute approximate surface area is 190 Å². The van der Waals surface area contributed by atoms with Crippen molar-refractivity contribution in [3.63, 3.8) is 0 Å². The van der Waals surface area contributed by atoms with Crippen molar-refractivity contribution in [1.82, 2.24) is 4.98 Å². The number of hydrogen-bond donors (Lipinski definition) is 2. The molecule has 0 aliphatic heterocycles. The van der Waals surface area contributed by atoms with Gasteiger partial charge in [0.05, 0.1) is 5.52 Å². The number of carboxylic acids is 1. The Kier molecular flexibility index (Phi) is 9.76. The first-order chi connectivity index (χ1) is 13.4. The van der Waals surface area contributed by atoms with Crippen molar-refractivity contribution in [2.75, 3.05) is 0 Å². The van der Waals surface area contributed by atoms with E-state index in [0.29, 0.717) is 18.9 Å². The van der Waals surface area contributed by atoms with E-state index >= 15 is 0 Å². The number of nitrogens with zero attached hydrogens (tertiary/aromatic N) is 1. The molecule has 162 valence electrons. The van der Waals surface area contributed by atoms with Gasteiger partial charge in [-0.2, -0.15) is 0 Å². The van der Waals surface area contributed by atoms with E-state index in [9.17, 15) is 4.79 Å². The third kappa shape index (κ3) is 5.94. The Hall–Kier alpha value is -2.14. The predicted octanol–water partition coefficient (Wildman–Crippen LogP) is 5.73. The smallest absolute Gasteiger partial charge is 0.303 e. The number of fused-ring (bicyclic) bond motifs is 1. The summed E-state index contributed by atoms with van der Waals surface area (Å²) in [5, 5.41) is 10.1. The molecular formula is C24H30Cl2N2O2. The summed E-state index contributed by atoms with van der Waals surface area (Å²) in [6, 6.07) is 14.6. The van der Waals surface area contributed by atoms with Crippen molar-refractivity contribution in [3.8, 4) is 11.1 Å². The zero-order valence-electron chi connectivity index (χ0n) is 17.6. The van der Waals surface area contributed by atoms with Crippen LogP contribution < -0.4 is 5.73 Å². The highest BCUT2D eigenvalue weighted by atomic mass is 35.5. The van der Waals surface area contributed by atoms with Gasteiger partial charge in [0.2, 0.25) is 0 Å². The molecule has 0 saturated carbocycles. The second-order valence-corrected chi connectivity index (χ2v) is 7.83. The first kappa shape index (κ1) is 25.9. The van der Waals surface area contributed by atoms with Gasteiger partial charge in [0, 0.05) is 24.0 Å². The summed E-state index contributed by atoms with van der Waals surface area (Å²) in [5.41, 5.74) is 13.7. The Balaban J connectivity index is 0.00000225. The van der Waals surface area contributed by atoms with Gasteiger partial charge < -0.3 is 10.8 Å². The third-order valence-corrected chi connectivity index (χ3v) is 5.01. The van der Waals surface area contributed by atoms with E-state index in [0.717, 1.165) is 45.3 Å². The first-order valence-electron chi connectivity index (χ1n) is 9.82. The number of aromatic nitrogens is 1. The molecule has 0 atom stereocenters. The van der Waals surface area contributed by atoms with Crippen LogP contribution in [0, 0.1) is 12.8 Å². The van der Waals surface area contributed by atoms with E-state index in [2.05, 4.69) is 51.1 Å². The SMILES string of the molecule is Cc1ccc(-c2c(CN)c(CC(C)C)nc3ccc(CCC(=O)O)cc23)cc1.Cl.Cl. The highest BCUT2D eigenvalue weighted by molar-refractivity contribution is 5.97. The maximum Gasteiger partial charge on any atom is 0.303 e. The number of nitrogens with two attached hydrogens (primary N) is 1. The van der Waals surface area contributed by atoms with Crippen molar-refractivity contribution in [1.29, 1.82) is 0 Å². The fourth-order valence-corrected chi connectivity index (χ4v) is 3.63. The number of carbonyl (C=O) groups is 1. The molecule has 1 heterocycles. The second kappa shape index (κ2) is 11.3. The molecule has 0 aliphatic carbocycles. The molecule has 0 fully saturated rings. The maximum atomic E-state index is 11.0. The molecule has 3 aromatic rings. The van der Waals surface area contributed by atoms with E-state index < -0.39 is 5.97 Å². The molecule has 0 spiro atoms. The summed E-state index contributed by atoms with van der Waals surface area (Å²) in [7, 11) is 0. The molecule has 0 amide bonds. The largest absolute Gasteiger partial charge is 0.481 e. The van der Waals surface area contributed by atoms with E-state index in [-0.39, 0.29) is 31.2 Å². The number of benzene rings is 2. The van der Waals surface area contributed by atoms with Crippen LogP contribution in [0.3, 0.4) is 0 Å². The van der Waals surface area contributed by atoms with Crippen LogP contribution in [0.1, 0.15) is 42.7 Å². The number of aliphatic carboxylic acids is 1. The van der Waals surface area contributed by atoms with E-state index in [1.54, 1.807) is 0 Å². The van der Waals surface area contributed by atoms with Crippen LogP contribution in [0.25, 0.3) is 22.0 Å². The fourth-order valence-electron chi connectivity index (χ4n) is 3.63. The fraction of sp³-hybridized carbons (Fsp3) is 0.333. The van der Waals surface area contributed by atoms with Gasteiger partial charge in [0.25, 0.3) is 0 Å². The summed E-state index contributed by atoms with van der Waals surface area (Å²) in [4.78, 5) is 15.9. The highest BCUT2D eigenvalue weighted by Crippen LogP contribution is 2.34. The van der Waals surface area contributed by atoms with Crippen molar-refractivity contribution >= 4 is 41.7 Å². The van der Waals surface area contributed by atoms with Crippen LogP contribution >= 0.6 is 24.8 Å². The average molecular weight is 449 g/mol. The first-order valence-corrected chi connectivity index (χ1v) is 9.82. The number of carboxylic acid groups (broad SMARTS) is 1. The summed E-state index contributed by atoms with van der Waals surface area (Å²) >= 11 is 0. The quantitative estimate of drug-likeness (QED) is 0.483. The van der Waals surface area contributed by atoms with E-state index in [4.69, 9.17) is 15.8 Å². The van der Waals surface area contributed by atoms with Crippen molar-refractivity contribution in [2.24, 2.45) is 11.7 Å². The van der Waals surface area contributed by atoms with Crippen LogP contribution in [0.4, 0.5) is 0 Å². The minimum absolute atomic E-state index is 0. The number of hydrogen-bond acceptors (Lipinski definition) is 3. The minimum Gasteiger partial charge on any atom is -0.481 e. The Morgan fingerprint density at radius 3 is 2.33 bits per heavy atom. The number of aryl methyl sites for hydroxylation is 2. The molecule has 0 saturated heterocycles. The van der Waals surface area contributed by atoms with Gasteiger partial charge in [-0.15, -0.1) is 24.8 Å². The molecule has 3 N–H and O–H groups in total. The predicted molar refractivity (Wildman–Crippen MR) is 129 cm³/mol. The summed E-state index contributed by atoms with van der Waals surface area (Å²) in [5.74, 6) is -0.303. The molecule has 30 heavy (non-hydrogen) atoms. The lowest BCUT2D eigenvalue weighted by Crippen LogP contribution is -2.10. The zero-order valence-corrected chi connectivity index (χ0v) is 19.3. The van der Waals surface area contributed by atoms with E-state index in [1.807, 2.05) is 12.1 Å². The molecule has 0 unspecified atom stereocenters. The van der Waals surface area contributed by atoms with Gasteiger partial charge >= 0.3 is 5.97 Å². The Morgan fingerprint density at radius 2 is 1.77 bits per heavy atom. The Bertz CT molecular complexity index is 1000. The van der Waals surface area contributed by atoms with E-state index in [1.165, 1.54) is 5.56 Å². The van der Waals surface area contributed by atoms with Crippen molar-refractivity contribution in [2.45, 2.75) is 46.6 Å². The van der Waals surface area contributed by atoms with Gasteiger partial charge in [0.1, 0.15) is 0 Å². The molecule has 0 radical (unpaired) electrons. The van der Waals surface area contributed by atoms with Crippen LogP contribution in [0.5, 0.6) is 0 Å². The molecule has 6 heteroatoms. The van der Waals surface area contributed by atoms with Crippen LogP contribution in [-0.2, 0) is 24.2 Å². The van der Waals surface area contributed by atoms with Crippen LogP contribution in [-0.4, -0.2) is 16.1 Å². The standard InChI is InChI=1S/C24H28N2O2.2ClH/c1-15(2)12-22-20(14-25)24(18-8-4-16(3)5-9-18)19-13-17(7-11-23(27)28)6-10-21(19)26-22;;/h4-6,8-10,13,15H,7,11-12,14,25H2,1-3H3,(H,27,28);2*1H. The van der Waals surface area contributed by atoms with Crippen LogP contribution in [0.2, 0.25) is 0 Å². The monoisotopic (exact) mass is 448 g/mol.